The number of carbonyl (C=O) groups is 1. The smallest absolute Gasteiger partial charge is 0.274 e. The Labute approximate surface area is 211 Å². The van der Waals surface area contributed by atoms with Crippen LogP contribution in [0.2, 0.25) is 0 Å². The number of nitrogens with one attached hydrogen (secondary N) is 1. The van der Waals surface area contributed by atoms with Crippen molar-refractivity contribution in [1.82, 2.24) is 19.6 Å². The molecule has 0 radical (unpaired) electrons. The summed E-state index contributed by atoms with van der Waals surface area (Å²) in [6.45, 7) is 2.11. The molecule has 9 nitrogen and oxygen atoms in total. The van der Waals surface area contributed by atoms with Gasteiger partial charge >= 0.3 is 0 Å². The van der Waals surface area contributed by atoms with Crippen molar-refractivity contribution in [2.24, 2.45) is 17.4 Å². The molecule has 0 bridgehead atoms. The summed E-state index contributed by atoms with van der Waals surface area (Å²) in [5.41, 5.74) is 13.5. The number of benzene rings is 1. The Bertz CT molecular complexity index is 1460. The van der Waals surface area contributed by atoms with Gasteiger partial charge < -0.3 is 21.5 Å². The molecule has 0 saturated heterocycles. The lowest BCUT2D eigenvalue weighted by Crippen LogP contribution is -2.48. The van der Waals surface area contributed by atoms with E-state index in [9.17, 15) is 13.6 Å². The molecule has 3 aromatic heterocycles. The second-order valence-corrected chi connectivity index (χ2v) is 9.65. The van der Waals surface area contributed by atoms with Crippen molar-refractivity contribution in [3.63, 3.8) is 0 Å². The molecule has 1 fully saturated rings. The highest BCUT2D eigenvalue weighted by atomic mass is 19.1. The first-order chi connectivity index (χ1) is 17.7. The summed E-state index contributed by atoms with van der Waals surface area (Å²) in [5, 5.41) is 6.98. The van der Waals surface area contributed by atoms with Gasteiger partial charge in [-0.3, -0.25) is 9.78 Å². The Balaban J connectivity index is 1.49. The minimum atomic E-state index is -0.837. The second-order valence-electron chi connectivity index (χ2n) is 9.65. The van der Waals surface area contributed by atoms with Gasteiger partial charge in [-0.2, -0.15) is 5.10 Å². The largest absolute Gasteiger partial charge is 0.497 e. The monoisotopic (exact) mass is 507 g/mol. The molecular weight excluding hydrogens is 480 g/mol. The summed E-state index contributed by atoms with van der Waals surface area (Å²) in [4.78, 5) is 21.8. The molecule has 3 heterocycles. The number of halogens is 2. The third kappa shape index (κ3) is 4.63. The predicted molar refractivity (Wildman–Crippen MR) is 134 cm³/mol. The molecule has 1 amide bonds. The number of hydrogen-bond donors (Lipinski definition) is 3. The van der Waals surface area contributed by atoms with Crippen LogP contribution in [0.5, 0.6) is 5.75 Å². The molecule has 0 aliphatic heterocycles. The summed E-state index contributed by atoms with van der Waals surface area (Å²) in [6, 6.07) is 5.36. The van der Waals surface area contributed by atoms with Crippen molar-refractivity contribution >= 4 is 17.2 Å². The summed E-state index contributed by atoms with van der Waals surface area (Å²) in [5.74, 6) is -1.83. The minimum absolute atomic E-state index is 0.0261. The van der Waals surface area contributed by atoms with Gasteiger partial charge in [-0.05, 0) is 42.9 Å². The van der Waals surface area contributed by atoms with Crippen LogP contribution in [-0.4, -0.2) is 38.6 Å². The summed E-state index contributed by atoms with van der Waals surface area (Å²) < 4.78 is 35.8. The third-order valence-corrected chi connectivity index (χ3v) is 6.77. The number of carbonyl (C=O) groups excluding carboxylic acids is 1. The molecular formula is C26H27F2N7O2. The number of amides is 1. The van der Waals surface area contributed by atoms with E-state index in [2.05, 4.69) is 27.3 Å². The summed E-state index contributed by atoms with van der Waals surface area (Å²) >= 11 is 0. The van der Waals surface area contributed by atoms with E-state index >= 15 is 0 Å². The van der Waals surface area contributed by atoms with Crippen molar-refractivity contribution in [3.8, 4) is 16.9 Å². The maximum absolute atomic E-state index is 14.8. The SMILES string of the molecule is COc1cc(F)c(-c2cnn3ccc(C(=O)Nc4cnccc4[C@@]4(N)C[C@@H](C)C[C@H](N)C4)nc23)c(F)c1. The number of rotatable bonds is 5. The Morgan fingerprint density at radius 3 is 2.68 bits per heavy atom. The number of pyridine rings is 1. The van der Waals surface area contributed by atoms with E-state index < -0.39 is 23.1 Å². The molecule has 4 aromatic rings. The average molecular weight is 508 g/mol. The fourth-order valence-electron chi connectivity index (χ4n) is 5.29. The first-order valence-corrected chi connectivity index (χ1v) is 11.9. The Hall–Kier alpha value is -3.96. The van der Waals surface area contributed by atoms with Gasteiger partial charge in [-0.1, -0.05) is 6.92 Å². The molecule has 3 atom stereocenters. The second kappa shape index (κ2) is 9.49. The third-order valence-electron chi connectivity index (χ3n) is 6.77. The molecule has 37 heavy (non-hydrogen) atoms. The quantitative estimate of drug-likeness (QED) is 0.376. The number of nitrogens with two attached hydrogens (primary N) is 2. The van der Waals surface area contributed by atoms with Gasteiger partial charge in [0, 0.05) is 36.1 Å². The number of ether oxygens (including phenoxy) is 1. The fourth-order valence-corrected chi connectivity index (χ4v) is 5.29. The van der Waals surface area contributed by atoms with Gasteiger partial charge in [-0.25, -0.2) is 18.3 Å². The maximum Gasteiger partial charge on any atom is 0.274 e. The van der Waals surface area contributed by atoms with Crippen LogP contribution in [0.15, 0.2) is 49.1 Å². The summed E-state index contributed by atoms with van der Waals surface area (Å²) in [7, 11) is 1.32. The molecule has 0 spiro atoms. The standard InChI is InChI=1S/C26H27F2N7O2/c1-14-7-15(29)11-26(30,10-14)18-3-5-31-13-22(18)34-25(36)21-4-6-35-24(33-21)17(12-32-35)23-19(27)8-16(37-2)9-20(23)28/h3-6,8-9,12-15H,7,10-11,29-30H2,1-2H3,(H,34,36)/t14-,15-,26+/m0/s1. The van der Waals surface area contributed by atoms with E-state index in [1.807, 2.05) is 0 Å². The van der Waals surface area contributed by atoms with Crippen LogP contribution < -0.4 is 21.5 Å². The van der Waals surface area contributed by atoms with Gasteiger partial charge in [0.2, 0.25) is 0 Å². The van der Waals surface area contributed by atoms with Crippen LogP contribution in [0.25, 0.3) is 16.8 Å². The number of anilines is 1. The van der Waals surface area contributed by atoms with E-state index in [1.54, 1.807) is 12.3 Å². The van der Waals surface area contributed by atoms with Crippen LogP contribution in [-0.2, 0) is 5.54 Å². The van der Waals surface area contributed by atoms with Crippen molar-refractivity contribution in [2.45, 2.75) is 37.8 Å². The molecule has 192 valence electrons. The molecule has 5 N–H and O–H groups in total. The average Bonchev–Trinajstić information content (AvgIpc) is 3.26. The first kappa shape index (κ1) is 24.7. The zero-order valence-electron chi connectivity index (χ0n) is 20.4. The minimum Gasteiger partial charge on any atom is -0.497 e. The highest BCUT2D eigenvalue weighted by molar-refractivity contribution is 6.03. The van der Waals surface area contributed by atoms with Gasteiger partial charge in [-0.15, -0.1) is 0 Å². The maximum atomic E-state index is 14.8. The Morgan fingerprint density at radius 2 is 1.97 bits per heavy atom. The molecule has 1 saturated carbocycles. The first-order valence-electron chi connectivity index (χ1n) is 11.9. The van der Waals surface area contributed by atoms with Crippen LogP contribution in [0.3, 0.4) is 0 Å². The van der Waals surface area contributed by atoms with E-state index in [4.69, 9.17) is 16.2 Å². The van der Waals surface area contributed by atoms with Gasteiger partial charge in [0.15, 0.2) is 5.65 Å². The van der Waals surface area contributed by atoms with Crippen LogP contribution in [0.1, 0.15) is 42.2 Å². The number of fused-ring (bicyclic) bond motifs is 1. The van der Waals surface area contributed by atoms with Gasteiger partial charge in [0.1, 0.15) is 23.1 Å². The Morgan fingerprint density at radius 1 is 1.22 bits per heavy atom. The van der Waals surface area contributed by atoms with Gasteiger partial charge in [0.25, 0.3) is 5.91 Å². The number of nitrogens with zero attached hydrogens (tertiary/aromatic N) is 4. The molecule has 5 rings (SSSR count). The molecule has 11 heteroatoms. The number of aromatic nitrogens is 4. The van der Waals surface area contributed by atoms with Crippen molar-refractivity contribution in [2.75, 3.05) is 12.4 Å². The molecule has 1 aromatic carbocycles. The molecule has 0 unspecified atom stereocenters. The number of methoxy groups -OCH3 is 1. The number of hydrogen-bond acceptors (Lipinski definition) is 7. The van der Waals surface area contributed by atoms with E-state index in [0.717, 1.165) is 30.5 Å². The highest BCUT2D eigenvalue weighted by Gasteiger charge is 2.38. The van der Waals surface area contributed by atoms with Crippen molar-refractivity contribution < 1.29 is 18.3 Å². The van der Waals surface area contributed by atoms with E-state index in [-0.39, 0.29) is 34.3 Å². The lowest BCUT2D eigenvalue weighted by molar-refractivity contribution is 0.102. The lowest BCUT2D eigenvalue weighted by Gasteiger charge is -2.41. The lowest BCUT2D eigenvalue weighted by atomic mass is 9.71. The van der Waals surface area contributed by atoms with Gasteiger partial charge in [0.05, 0.1) is 36.3 Å². The molecule has 1 aliphatic rings. The van der Waals surface area contributed by atoms with Crippen molar-refractivity contribution in [3.05, 3.63) is 71.9 Å². The zero-order chi connectivity index (χ0) is 26.3. The Kier molecular flexibility index (Phi) is 6.34. The molecule has 1 aliphatic carbocycles. The van der Waals surface area contributed by atoms with Crippen LogP contribution in [0, 0.1) is 17.6 Å². The highest BCUT2D eigenvalue weighted by Crippen LogP contribution is 2.40. The van der Waals surface area contributed by atoms with Crippen LogP contribution in [0.4, 0.5) is 14.5 Å². The predicted octanol–water partition coefficient (Wildman–Crippen LogP) is 3.63. The van der Waals surface area contributed by atoms with Crippen LogP contribution >= 0.6 is 0 Å². The summed E-state index contributed by atoms with van der Waals surface area (Å²) in [6.07, 6.45) is 8.14. The van der Waals surface area contributed by atoms with Crippen molar-refractivity contribution in [1.29, 1.82) is 0 Å². The fraction of sp³-hybridized carbons (Fsp3) is 0.308. The topological polar surface area (TPSA) is 133 Å². The van der Waals surface area contributed by atoms with E-state index in [0.29, 0.717) is 18.0 Å². The zero-order valence-corrected chi connectivity index (χ0v) is 20.4. The van der Waals surface area contributed by atoms with E-state index in [1.165, 1.54) is 36.3 Å². The normalized spacial score (nSPS) is 21.7.